The molecule has 0 saturated heterocycles. The van der Waals surface area contributed by atoms with Gasteiger partial charge in [-0.1, -0.05) is 14.9 Å². The Kier molecular flexibility index (Phi) is 17.3. The molecule has 0 unspecified atom stereocenters. The van der Waals surface area contributed by atoms with Crippen LogP contribution in [-0.4, -0.2) is 56.9 Å². The highest BCUT2D eigenvalue weighted by Gasteiger charge is 2.68. The number of rotatable bonds is 5. The summed E-state index contributed by atoms with van der Waals surface area (Å²) in [6.45, 7) is -3.83. The summed E-state index contributed by atoms with van der Waals surface area (Å²) in [5, 5.41) is -6.18. The normalized spacial score (nSPS) is 12.4. The van der Waals surface area contributed by atoms with E-state index in [1.807, 2.05) is 0 Å². The first kappa shape index (κ1) is 36.1. The highest BCUT2D eigenvalue weighted by atomic mass is 32.2. The molecule has 0 aromatic carbocycles. The summed E-state index contributed by atoms with van der Waals surface area (Å²) in [7, 11) is -6.10. The van der Waals surface area contributed by atoms with Crippen molar-refractivity contribution >= 4 is 10.1 Å². The SMILES string of the molecule is C.C.CC(F)(F)CF.CF.O=S(=O)(O)C(F)(F)C(F)(F)OCC(F)(F)F. The van der Waals surface area contributed by atoms with Gasteiger partial charge in [0.2, 0.25) is 0 Å². The molecule has 4 nitrogen and oxygen atoms in total. The molecule has 0 aliphatic carbocycles. The maximum absolute atomic E-state index is 12.2. The van der Waals surface area contributed by atoms with Gasteiger partial charge >= 0.3 is 27.7 Å². The molecular formula is C10H19F11O4S. The minimum atomic E-state index is -6.60. The molecule has 26 heavy (non-hydrogen) atoms. The van der Waals surface area contributed by atoms with Crippen molar-refractivity contribution in [3.8, 4) is 0 Å². The van der Waals surface area contributed by atoms with Crippen molar-refractivity contribution in [3.05, 3.63) is 0 Å². The number of alkyl halides is 11. The number of halogens is 11. The van der Waals surface area contributed by atoms with Crippen LogP contribution in [0.15, 0.2) is 0 Å². The number of hydrogen-bond acceptors (Lipinski definition) is 3. The first-order valence-electron chi connectivity index (χ1n) is 5.02. The molecule has 0 aromatic heterocycles. The third-order valence-electron chi connectivity index (χ3n) is 1.31. The molecule has 0 heterocycles. The monoisotopic (exact) mass is 444 g/mol. The zero-order chi connectivity index (χ0) is 20.6. The standard InChI is InChI=1S/C4H3F7O4S.C3H5F3.CH3F.2CH4/c5-2(6,7)1-15-3(8,9)4(10,11)16(12,13)14;1-3(5,6)2-4;1-2;;/h1H2,(H,12,13,14);2H2,1H3;1H3;2*1H4. The fraction of sp³-hybridized carbons (Fsp3) is 1.00. The summed E-state index contributed by atoms with van der Waals surface area (Å²) in [6.07, 6.45) is -11.4. The van der Waals surface area contributed by atoms with Gasteiger partial charge in [-0.05, 0) is 0 Å². The first-order valence-corrected chi connectivity index (χ1v) is 6.46. The second kappa shape index (κ2) is 12.5. The molecule has 0 aliphatic rings. The smallest absolute Gasteiger partial charge is 0.305 e. The average Bonchev–Trinajstić information content (AvgIpc) is 2.36. The third kappa shape index (κ3) is 15.4. The summed E-state index contributed by atoms with van der Waals surface area (Å²) in [4.78, 5) is 0. The van der Waals surface area contributed by atoms with Crippen LogP contribution in [0.1, 0.15) is 21.8 Å². The Bertz CT molecular complexity index is 443. The highest BCUT2D eigenvalue weighted by molar-refractivity contribution is 7.86. The van der Waals surface area contributed by atoms with Crippen LogP contribution in [0.4, 0.5) is 48.3 Å². The van der Waals surface area contributed by atoms with E-state index in [1.54, 1.807) is 0 Å². The topological polar surface area (TPSA) is 63.6 Å². The van der Waals surface area contributed by atoms with Crippen molar-refractivity contribution in [2.24, 2.45) is 0 Å². The van der Waals surface area contributed by atoms with Gasteiger partial charge in [0.1, 0.15) is 6.61 Å². The summed E-state index contributed by atoms with van der Waals surface area (Å²) in [5.74, 6) is -3.12. The lowest BCUT2D eigenvalue weighted by Crippen LogP contribution is -2.49. The molecule has 0 radical (unpaired) electrons. The third-order valence-corrected chi connectivity index (χ3v) is 2.20. The van der Waals surface area contributed by atoms with Gasteiger partial charge in [0, 0.05) is 6.92 Å². The molecule has 166 valence electrons. The molecule has 1 N–H and O–H groups in total. The molecule has 0 saturated carbocycles. The Morgan fingerprint density at radius 1 is 0.885 bits per heavy atom. The molecule has 0 aromatic rings. The summed E-state index contributed by atoms with van der Waals surface area (Å²) in [5.41, 5.74) is 0. The highest BCUT2D eigenvalue weighted by Crippen LogP contribution is 2.39. The molecule has 0 atom stereocenters. The van der Waals surface area contributed by atoms with Gasteiger partial charge in [-0.15, -0.1) is 0 Å². The Morgan fingerprint density at radius 3 is 1.31 bits per heavy atom. The molecule has 16 heteroatoms. The molecule has 0 bridgehead atoms. The van der Waals surface area contributed by atoms with E-state index in [1.165, 1.54) is 0 Å². The van der Waals surface area contributed by atoms with E-state index in [4.69, 9.17) is 4.55 Å². The maximum Gasteiger partial charge on any atom is 0.459 e. The van der Waals surface area contributed by atoms with Crippen LogP contribution < -0.4 is 0 Å². The minimum absolute atomic E-state index is 0. The van der Waals surface area contributed by atoms with E-state index in [9.17, 15) is 56.7 Å². The van der Waals surface area contributed by atoms with E-state index in [2.05, 4.69) is 4.74 Å². The van der Waals surface area contributed by atoms with Crippen LogP contribution in [0, 0.1) is 0 Å². The van der Waals surface area contributed by atoms with E-state index < -0.39 is 46.9 Å². The van der Waals surface area contributed by atoms with Gasteiger partial charge in [-0.3, -0.25) is 8.94 Å². The molecule has 0 spiro atoms. The Labute approximate surface area is 143 Å². The Balaban J connectivity index is -0.000000125. The zero-order valence-corrected chi connectivity index (χ0v) is 12.5. The fourth-order valence-electron chi connectivity index (χ4n) is 0.407. The van der Waals surface area contributed by atoms with E-state index in [0.717, 1.165) is 0 Å². The van der Waals surface area contributed by atoms with Gasteiger partial charge in [0.25, 0.3) is 5.92 Å². The molecule has 0 aliphatic heterocycles. The van der Waals surface area contributed by atoms with Crippen molar-refractivity contribution < 1.29 is 66.0 Å². The van der Waals surface area contributed by atoms with Crippen molar-refractivity contribution in [1.82, 2.24) is 0 Å². The largest absolute Gasteiger partial charge is 0.459 e. The van der Waals surface area contributed by atoms with Crippen molar-refractivity contribution in [2.45, 2.75) is 45.2 Å². The molecule has 0 rings (SSSR count). The Hall–Kier alpha value is -0.900. The van der Waals surface area contributed by atoms with Crippen LogP contribution in [-0.2, 0) is 14.9 Å². The first-order chi connectivity index (χ1) is 10.3. The van der Waals surface area contributed by atoms with Crippen molar-refractivity contribution in [1.29, 1.82) is 0 Å². The van der Waals surface area contributed by atoms with Gasteiger partial charge in [0.05, 0.1) is 7.18 Å². The summed E-state index contributed by atoms with van der Waals surface area (Å²) >= 11 is 0. The molecular weight excluding hydrogens is 425 g/mol. The predicted molar refractivity (Wildman–Crippen MR) is 70.5 cm³/mol. The maximum atomic E-state index is 12.2. The minimum Gasteiger partial charge on any atom is -0.305 e. The second-order valence-corrected chi connectivity index (χ2v) is 5.08. The second-order valence-electron chi connectivity index (χ2n) is 3.62. The lowest BCUT2D eigenvalue weighted by Gasteiger charge is -2.23. The molecule has 0 fully saturated rings. The number of hydrogen-bond donors (Lipinski definition) is 1. The van der Waals surface area contributed by atoms with E-state index in [-0.39, 0.29) is 14.9 Å². The van der Waals surface area contributed by atoms with Gasteiger partial charge in [-0.2, -0.15) is 39.2 Å². The van der Waals surface area contributed by atoms with Crippen LogP contribution in [0.5, 0.6) is 0 Å². The van der Waals surface area contributed by atoms with Crippen LogP contribution in [0.25, 0.3) is 0 Å². The van der Waals surface area contributed by atoms with Crippen molar-refractivity contribution in [3.63, 3.8) is 0 Å². The zero-order valence-electron chi connectivity index (χ0n) is 11.7. The summed E-state index contributed by atoms with van der Waals surface area (Å²) < 4.78 is 155. The summed E-state index contributed by atoms with van der Waals surface area (Å²) in [6, 6.07) is 0. The number of ether oxygens (including phenoxy) is 1. The lowest BCUT2D eigenvalue weighted by atomic mass is 10.4. The average molecular weight is 444 g/mol. The van der Waals surface area contributed by atoms with Gasteiger partial charge in [0.15, 0.2) is 6.67 Å². The van der Waals surface area contributed by atoms with Crippen LogP contribution >= 0.6 is 0 Å². The quantitative estimate of drug-likeness (QED) is 0.473. The van der Waals surface area contributed by atoms with Gasteiger partial charge < -0.3 is 4.74 Å². The fourth-order valence-corrected chi connectivity index (χ4v) is 0.766. The van der Waals surface area contributed by atoms with Gasteiger partial charge in [-0.25, -0.2) is 13.2 Å². The van der Waals surface area contributed by atoms with E-state index in [0.29, 0.717) is 14.1 Å². The predicted octanol–water partition coefficient (Wildman–Crippen LogP) is 5.11. The lowest BCUT2D eigenvalue weighted by molar-refractivity contribution is -0.344. The van der Waals surface area contributed by atoms with Crippen molar-refractivity contribution in [2.75, 3.05) is 20.5 Å². The Morgan fingerprint density at radius 2 is 1.15 bits per heavy atom. The van der Waals surface area contributed by atoms with Crippen LogP contribution in [0.2, 0.25) is 0 Å². The van der Waals surface area contributed by atoms with E-state index >= 15 is 0 Å². The van der Waals surface area contributed by atoms with Crippen LogP contribution in [0.3, 0.4) is 0 Å². The molecule has 0 amide bonds.